The molecular weight excluding hydrogens is 342 g/mol. The number of nitrogens with one attached hydrogen (secondary N) is 1. The highest BCUT2D eigenvalue weighted by atomic mass is 79.9. The maximum Gasteiger partial charge on any atom is 0.396 e. The fourth-order valence-corrected chi connectivity index (χ4v) is 2.31. The van der Waals surface area contributed by atoms with Crippen molar-refractivity contribution in [2.45, 2.75) is 6.54 Å². The molecule has 0 saturated carbocycles. The summed E-state index contributed by atoms with van der Waals surface area (Å²) >= 11 is 6.71. The van der Waals surface area contributed by atoms with Crippen LogP contribution >= 0.6 is 31.9 Å². The molecule has 0 aliphatic rings. The zero-order valence-electron chi connectivity index (χ0n) is 8.42. The summed E-state index contributed by atoms with van der Waals surface area (Å²) < 4.78 is 5.99. The predicted octanol–water partition coefficient (Wildman–Crippen LogP) is 2.00. The first-order valence-corrected chi connectivity index (χ1v) is 5.94. The zero-order chi connectivity index (χ0) is 12.1. The Morgan fingerprint density at radius 3 is 2.38 bits per heavy atom. The van der Waals surface area contributed by atoms with Gasteiger partial charge in [0.2, 0.25) is 0 Å². The number of carbonyl (C=O) groups excluding carboxylic acids is 2. The predicted molar refractivity (Wildman–Crippen MR) is 65.7 cm³/mol. The molecule has 0 heterocycles. The Bertz CT molecular complexity index is 400. The van der Waals surface area contributed by atoms with E-state index in [1.165, 1.54) is 0 Å². The normalized spacial score (nSPS) is 9.69. The number of ether oxygens (including phenoxy) is 1. The van der Waals surface area contributed by atoms with Crippen LogP contribution in [0.4, 0.5) is 0 Å². The molecule has 0 spiro atoms. The van der Waals surface area contributed by atoms with Gasteiger partial charge in [0, 0.05) is 15.5 Å². The Kier molecular flexibility index (Phi) is 4.95. The van der Waals surface area contributed by atoms with Crippen LogP contribution in [0.5, 0.6) is 0 Å². The van der Waals surface area contributed by atoms with Gasteiger partial charge in [0.25, 0.3) is 0 Å². The van der Waals surface area contributed by atoms with E-state index in [0.717, 1.165) is 21.6 Å². The number of amides is 1. The molecule has 1 aromatic carbocycles. The largest absolute Gasteiger partial charge is 0.462 e. The van der Waals surface area contributed by atoms with Crippen LogP contribution < -0.4 is 5.32 Å². The third-order valence-electron chi connectivity index (χ3n) is 1.86. The van der Waals surface area contributed by atoms with Crippen LogP contribution in [0.1, 0.15) is 5.56 Å². The van der Waals surface area contributed by atoms with E-state index in [0.29, 0.717) is 0 Å². The van der Waals surface area contributed by atoms with E-state index in [-0.39, 0.29) is 6.54 Å². The SMILES string of the molecule is COC(=O)C(=O)NCc1c(Br)cccc1Br. The van der Waals surface area contributed by atoms with Crippen molar-refractivity contribution in [3.63, 3.8) is 0 Å². The number of rotatable bonds is 2. The molecule has 6 heteroatoms. The zero-order valence-corrected chi connectivity index (χ0v) is 11.6. The number of benzene rings is 1. The molecule has 0 aliphatic heterocycles. The maximum absolute atomic E-state index is 11.2. The van der Waals surface area contributed by atoms with Crippen molar-refractivity contribution in [2.24, 2.45) is 0 Å². The highest BCUT2D eigenvalue weighted by Crippen LogP contribution is 2.24. The van der Waals surface area contributed by atoms with Crippen LogP contribution in [-0.2, 0) is 20.9 Å². The lowest BCUT2D eigenvalue weighted by atomic mass is 10.2. The number of hydrogen-bond acceptors (Lipinski definition) is 3. The third-order valence-corrected chi connectivity index (χ3v) is 3.34. The van der Waals surface area contributed by atoms with Gasteiger partial charge in [-0.1, -0.05) is 37.9 Å². The van der Waals surface area contributed by atoms with Gasteiger partial charge in [-0.2, -0.15) is 0 Å². The number of esters is 1. The summed E-state index contributed by atoms with van der Waals surface area (Å²) in [7, 11) is 1.16. The highest BCUT2D eigenvalue weighted by molar-refractivity contribution is 9.11. The molecule has 4 nitrogen and oxygen atoms in total. The molecule has 0 radical (unpaired) electrons. The fourth-order valence-electron chi connectivity index (χ4n) is 1.03. The third kappa shape index (κ3) is 3.31. The van der Waals surface area contributed by atoms with Crippen molar-refractivity contribution in [3.8, 4) is 0 Å². The molecule has 0 unspecified atom stereocenters. The molecule has 0 fully saturated rings. The minimum atomic E-state index is -0.900. The van der Waals surface area contributed by atoms with E-state index in [9.17, 15) is 9.59 Å². The Morgan fingerprint density at radius 1 is 1.31 bits per heavy atom. The summed E-state index contributed by atoms with van der Waals surface area (Å²) in [5.41, 5.74) is 0.861. The molecule has 0 saturated heterocycles. The van der Waals surface area contributed by atoms with Crippen LogP contribution in [0.25, 0.3) is 0 Å². The molecule has 1 rings (SSSR count). The van der Waals surface area contributed by atoms with E-state index in [2.05, 4.69) is 41.9 Å². The van der Waals surface area contributed by atoms with E-state index in [1.807, 2.05) is 18.2 Å². The van der Waals surface area contributed by atoms with Gasteiger partial charge in [-0.15, -0.1) is 0 Å². The maximum atomic E-state index is 11.2. The summed E-state index contributed by atoms with van der Waals surface area (Å²) in [6.45, 7) is 0.246. The molecule has 0 atom stereocenters. The van der Waals surface area contributed by atoms with Crippen LogP contribution in [0.3, 0.4) is 0 Å². The van der Waals surface area contributed by atoms with Crippen LogP contribution in [0.2, 0.25) is 0 Å². The Labute approximate surface area is 110 Å². The number of hydrogen-bond donors (Lipinski definition) is 1. The quantitative estimate of drug-likeness (QED) is 0.655. The fraction of sp³-hybridized carbons (Fsp3) is 0.200. The van der Waals surface area contributed by atoms with Crippen molar-refractivity contribution in [1.29, 1.82) is 0 Å². The van der Waals surface area contributed by atoms with Gasteiger partial charge in [0.1, 0.15) is 0 Å². The van der Waals surface area contributed by atoms with Gasteiger partial charge < -0.3 is 10.1 Å². The lowest BCUT2D eigenvalue weighted by Gasteiger charge is -2.08. The topological polar surface area (TPSA) is 55.4 Å². The summed E-state index contributed by atoms with van der Waals surface area (Å²) in [5, 5.41) is 2.46. The molecular formula is C10H9Br2NO3. The van der Waals surface area contributed by atoms with Crippen molar-refractivity contribution in [2.75, 3.05) is 7.11 Å². The van der Waals surface area contributed by atoms with Gasteiger partial charge in [-0.3, -0.25) is 4.79 Å². The van der Waals surface area contributed by atoms with Crippen LogP contribution in [0.15, 0.2) is 27.1 Å². The first-order valence-electron chi connectivity index (χ1n) is 4.35. The first-order chi connectivity index (χ1) is 7.56. The van der Waals surface area contributed by atoms with E-state index in [1.54, 1.807) is 0 Å². The van der Waals surface area contributed by atoms with Crippen molar-refractivity contribution >= 4 is 43.7 Å². The lowest BCUT2D eigenvalue weighted by Crippen LogP contribution is -2.31. The molecule has 1 N–H and O–H groups in total. The number of carbonyl (C=O) groups is 2. The minimum absolute atomic E-state index is 0.246. The second-order valence-electron chi connectivity index (χ2n) is 2.87. The Balaban J connectivity index is 2.68. The van der Waals surface area contributed by atoms with E-state index < -0.39 is 11.9 Å². The van der Waals surface area contributed by atoms with Gasteiger partial charge in [0.05, 0.1) is 7.11 Å². The molecule has 0 bridgehead atoms. The summed E-state index contributed by atoms with van der Waals surface area (Å²) in [6.07, 6.45) is 0. The Hall–Kier alpha value is -0.880. The van der Waals surface area contributed by atoms with Gasteiger partial charge >= 0.3 is 11.9 Å². The van der Waals surface area contributed by atoms with E-state index >= 15 is 0 Å². The van der Waals surface area contributed by atoms with Gasteiger partial charge in [0.15, 0.2) is 0 Å². The average molecular weight is 351 g/mol. The first kappa shape index (κ1) is 13.2. The number of halogens is 2. The number of methoxy groups -OCH3 is 1. The van der Waals surface area contributed by atoms with Gasteiger partial charge in [-0.25, -0.2) is 4.79 Å². The molecule has 1 aromatic rings. The summed E-state index contributed by atoms with van der Waals surface area (Å²) in [4.78, 5) is 22.0. The van der Waals surface area contributed by atoms with Crippen molar-refractivity contribution in [1.82, 2.24) is 5.32 Å². The molecule has 0 aliphatic carbocycles. The van der Waals surface area contributed by atoms with E-state index in [4.69, 9.17) is 0 Å². The monoisotopic (exact) mass is 349 g/mol. The van der Waals surface area contributed by atoms with Crippen LogP contribution in [-0.4, -0.2) is 19.0 Å². The van der Waals surface area contributed by atoms with Gasteiger partial charge in [-0.05, 0) is 17.7 Å². The highest BCUT2D eigenvalue weighted by Gasteiger charge is 2.14. The molecule has 1 amide bonds. The second-order valence-corrected chi connectivity index (χ2v) is 4.58. The molecule has 0 aromatic heterocycles. The summed E-state index contributed by atoms with van der Waals surface area (Å²) in [6, 6.07) is 5.56. The Morgan fingerprint density at radius 2 is 1.88 bits per heavy atom. The minimum Gasteiger partial charge on any atom is -0.462 e. The second kappa shape index (κ2) is 6.00. The van der Waals surface area contributed by atoms with Crippen LogP contribution in [0, 0.1) is 0 Å². The average Bonchev–Trinajstić information content (AvgIpc) is 2.27. The molecule has 86 valence electrons. The summed E-state index contributed by atoms with van der Waals surface area (Å²) in [5.74, 6) is -1.66. The van der Waals surface area contributed by atoms with Crippen molar-refractivity contribution in [3.05, 3.63) is 32.7 Å². The standard InChI is InChI=1S/C10H9Br2NO3/c1-16-10(15)9(14)13-5-6-7(11)3-2-4-8(6)12/h2-4H,5H2,1H3,(H,13,14). The molecule has 16 heavy (non-hydrogen) atoms. The van der Waals surface area contributed by atoms with Crippen molar-refractivity contribution < 1.29 is 14.3 Å². The smallest absolute Gasteiger partial charge is 0.396 e. The lowest BCUT2D eigenvalue weighted by molar-refractivity contribution is -0.152.